The van der Waals surface area contributed by atoms with Gasteiger partial charge in [0.05, 0.1) is 11.1 Å². The molecule has 2 unspecified atom stereocenters. The Labute approximate surface area is 242 Å². The smallest absolute Gasteiger partial charge is 0.308 e. The maximum atomic E-state index is 13.8. The molecule has 39 heavy (non-hydrogen) atoms. The summed E-state index contributed by atoms with van der Waals surface area (Å²) in [6.45, 7) is 5.86. The number of hydrogen-bond donors (Lipinski definition) is 1. The molecule has 2 heterocycles. The monoisotopic (exact) mass is 617 g/mol. The largest absolute Gasteiger partial charge is 0.431 e. The Morgan fingerprint density at radius 1 is 1.18 bits per heavy atom. The number of anilines is 1. The third-order valence-corrected chi connectivity index (χ3v) is 7.96. The highest BCUT2D eigenvalue weighted by Crippen LogP contribution is 2.33. The van der Waals surface area contributed by atoms with Gasteiger partial charge in [-0.1, -0.05) is 52.7 Å². The maximum absolute atomic E-state index is 13.8. The fourth-order valence-corrected chi connectivity index (χ4v) is 5.76. The number of rotatable bonds is 11. The van der Waals surface area contributed by atoms with Crippen LogP contribution in [0.2, 0.25) is 5.02 Å². The van der Waals surface area contributed by atoms with Crippen LogP contribution in [-0.4, -0.2) is 42.9 Å². The van der Waals surface area contributed by atoms with Crippen LogP contribution in [0.25, 0.3) is 10.9 Å². The molecule has 0 radical (unpaired) electrons. The van der Waals surface area contributed by atoms with Crippen LogP contribution in [0, 0.1) is 6.92 Å². The zero-order chi connectivity index (χ0) is 27.9. The molecule has 1 aliphatic rings. The molecule has 1 amide bonds. The number of hydrogen-bond acceptors (Lipinski definition) is 5. The molecule has 9 heteroatoms. The molecule has 1 aromatic heterocycles. The zero-order valence-corrected chi connectivity index (χ0v) is 24.7. The van der Waals surface area contributed by atoms with Crippen molar-refractivity contribution in [1.82, 2.24) is 10.3 Å². The third-order valence-electron chi connectivity index (χ3n) is 7.12. The van der Waals surface area contributed by atoms with Crippen LogP contribution in [0.4, 0.5) is 10.2 Å². The lowest BCUT2D eigenvalue weighted by Gasteiger charge is -2.23. The average molecular weight is 619 g/mol. The lowest BCUT2D eigenvalue weighted by Crippen LogP contribution is -2.31. The van der Waals surface area contributed by atoms with Crippen LogP contribution in [0.15, 0.2) is 46.9 Å². The molecule has 0 aliphatic carbocycles. The number of pyridine rings is 1. The van der Waals surface area contributed by atoms with E-state index in [9.17, 15) is 14.0 Å². The van der Waals surface area contributed by atoms with Crippen molar-refractivity contribution in [1.29, 1.82) is 0 Å². The molecule has 1 N–H and O–H groups in total. The van der Waals surface area contributed by atoms with Crippen molar-refractivity contribution in [2.45, 2.75) is 64.6 Å². The molecule has 2 atom stereocenters. The molecule has 1 saturated heterocycles. The highest BCUT2D eigenvalue weighted by atomic mass is 79.9. The number of carbonyl (C=O) groups excluding carboxylic acids is 2. The lowest BCUT2D eigenvalue weighted by molar-refractivity contribution is -0.158. The topological polar surface area (TPSA) is 71.5 Å². The number of aromatic nitrogens is 1. The Morgan fingerprint density at radius 3 is 2.64 bits per heavy atom. The normalized spacial score (nSPS) is 14.8. The number of halogens is 3. The number of benzene rings is 2. The van der Waals surface area contributed by atoms with Crippen LogP contribution in [0.1, 0.15) is 72.9 Å². The first-order valence-corrected chi connectivity index (χ1v) is 14.7. The number of carbonyl (C=O) groups is 2. The minimum absolute atomic E-state index is 0.0131. The Kier molecular flexibility index (Phi) is 10.2. The van der Waals surface area contributed by atoms with E-state index in [-0.39, 0.29) is 31.2 Å². The summed E-state index contributed by atoms with van der Waals surface area (Å²) in [5.74, 6) is -0.247. The van der Waals surface area contributed by atoms with Crippen molar-refractivity contribution in [3.63, 3.8) is 0 Å². The fourth-order valence-electron chi connectivity index (χ4n) is 5.10. The van der Waals surface area contributed by atoms with E-state index in [1.807, 2.05) is 50.2 Å². The van der Waals surface area contributed by atoms with Gasteiger partial charge in [-0.2, -0.15) is 0 Å². The van der Waals surface area contributed by atoms with Gasteiger partial charge in [-0.15, -0.1) is 0 Å². The Bertz CT molecular complexity index is 1330. The molecule has 0 saturated carbocycles. The highest BCUT2D eigenvalue weighted by Gasteiger charge is 2.25. The summed E-state index contributed by atoms with van der Waals surface area (Å²) in [7, 11) is 0. The molecule has 4 rings (SSSR count). The van der Waals surface area contributed by atoms with Gasteiger partial charge in [0.15, 0.2) is 0 Å². The minimum atomic E-state index is -1.60. The van der Waals surface area contributed by atoms with Crippen LogP contribution in [0.3, 0.4) is 0 Å². The predicted molar refractivity (Wildman–Crippen MR) is 157 cm³/mol. The van der Waals surface area contributed by atoms with E-state index in [2.05, 4.69) is 26.1 Å². The number of amides is 1. The van der Waals surface area contributed by atoms with Crippen LogP contribution in [0.5, 0.6) is 0 Å². The first-order valence-electron chi connectivity index (χ1n) is 13.5. The van der Waals surface area contributed by atoms with Crippen molar-refractivity contribution < 1.29 is 18.7 Å². The van der Waals surface area contributed by atoms with Crippen molar-refractivity contribution in [2.75, 3.05) is 24.5 Å². The van der Waals surface area contributed by atoms with Gasteiger partial charge in [0.2, 0.25) is 6.36 Å². The van der Waals surface area contributed by atoms with Gasteiger partial charge in [-0.05, 0) is 62.4 Å². The fraction of sp³-hybridized carbons (Fsp3) is 0.433. The van der Waals surface area contributed by atoms with Gasteiger partial charge in [-0.25, -0.2) is 9.37 Å². The molecular formula is C30H34BrClFN3O3. The van der Waals surface area contributed by atoms with Gasteiger partial charge in [0, 0.05) is 58.8 Å². The highest BCUT2D eigenvalue weighted by molar-refractivity contribution is 9.10. The number of nitrogens with zero attached hydrogens (tertiary/aromatic N) is 2. The second-order valence-corrected chi connectivity index (χ2v) is 11.3. The molecule has 0 spiro atoms. The van der Waals surface area contributed by atoms with Crippen LogP contribution >= 0.6 is 27.5 Å². The first kappa shape index (κ1) is 29.3. The van der Waals surface area contributed by atoms with E-state index in [4.69, 9.17) is 21.3 Å². The summed E-state index contributed by atoms with van der Waals surface area (Å²) >= 11 is 10.0. The third kappa shape index (κ3) is 7.28. The second-order valence-electron chi connectivity index (χ2n) is 9.95. The van der Waals surface area contributed by atoms with E-state index in [1.54, 1.807) is 6.07 Å². The van der Waals surface area contributed by atoms with E-state index < -0.39 is 12.3 Å². The Balaban J connectivity index is 1.58. The molecule has 1 fully saturated rings. The minimum Gasteiger partial charge on any atom is -0.431 e. The van der Waals surface area contributed by atoms with Crippen LogP contribution < -0.4 is 10.2 Å². The number of esters is 1. The van der Waals surface area contributed by atoms with Gasteiger partial charge in [0.1, 0.15) is 5.82 Å². The van der Waals surface area contributed by atoms with Gasteiger partial charge >= 0.3 is 5.97 Å². The molecular weight excluding hydrogens is 585 g/mol. The van der Waals surface area contributed by atoms with Crippen molar-refractivity contribution in [3.05, 3.63) is 68.7 Å². The van der Waals surface area contributed by atoms with Gasteiger partial charge in [-0.3, -0.25) is 9.59 Å². The number of fused-ring (bicyclic) bond motifs is 1. The van der Waals surface area contributed by atoms with Crippen molar-refractivity contribution in [2.24, 2.45) is 0 Å². The summed E-state index contributed by atoms with van der Waals surface area (Å²) in [6.07, 6.45) is 1.72. The molecule has 6 nitrogen and oxygen atoms in total. The number of ether oxygens (including phenoxy) is 1. The average Bonchev–Trinajstić information content (AvgIpc) is 3.44. The molecule has 0 bridgehead atoms. The maximum Gasteiger partial charge on any atom is 0.308 e. The molecule has 208 valence electrons. The first-order chi connectivity index (χ1) is 18.8. The summed E-state index contributed by atoms with van der Waals surface area (Å²) in [5, 5.41) is 4.41. The van der Waals surface area contributed by atoms with Crippen molar-refractivity contribution in [3.8, 4) is 0 Å². The van der Waals surface area contributed by atoms with E-state index >= 15 is 0 Å². The van der Waals surface area contributed by atoms with Crippen LogP contribution in [-0.2, 0) is 9.53 Å². The number of alkyl halides is 1. The zero-order valence-electron chi connectivity index (χ0n) is 22.3. The summed E-state index contributed by atoms with van der Waals surface area (Å²) in [5.41, 5.74) is 2.99. The summed E-state index contributed by atoms with van der Waals surface area (Å²) in [4.78, 5) is 33.2. The Hall–Kier alpha value is -2.71. The van der Waals surface area contributed by atoms with E-state index in [1.165, 1.54) is 0 Å². The number of nitrogens with one attached hydrogen (secondary N) is 1. The Morgan fingerprint density at radius 2 is 1.92 bits per heavy atom. The summed E-state index contributed by atoms with van der Waals surface area (Å²) < 4.78 is 19.6. The summed E-state index contributed by atoms with van der Waals surface area (Å²) in [6, 6.07) is 13.1. The second kappa shape index (κ2) is 13.6. The van der Waals surface area contributed by atoms with E-state index in [0.29, 0.717) is 23.4 Å². The van der Waals surface area contributed by atoms with E-state index in [0.717, 1.165) is 58.3 Å². The molecule has 1 aliphatic heterocycles. The SMILES string of the molecule is CCCC(F)OC(=O)CCC(CNC(=O)c1c(C)c(N2CCCC2)nc2ccc(Br)cc12)c1ccccc1Cl. The molecule has 3 aromatic rings. The standard InChI is InChI=1S/C30H34BrClFN3O3/c1-3-8-26(33)39-27(37)14-11-20(22-9-4-5-10-24(22)32)18-34-30(38)28-19(2)29(36-15-6-7-16-36)35-25-13-12-21(31)17-23(25)28/h4-5,9-10,12-13,17,20,26H,3,6-8,11,14-16,18H2,1-2H3,(H,34,38). The lowest BCUT2D eigenvalue weighted by atomic mass is 9.93. The molecule has 2 aromatic carbocycles. The van der Waals surface area contributed by atoms with Gasteiger partial charge < -0.3 is 15.0 Å². The quantitative estimate of drug-likeness (QED) is 0.226. The van der Waals surface area contributed by atoms with Crippen molar-refractivity contribution >= 4 is 56.1 Å². The predicted octanol–water partition coefficient (Wildman–Crippen LogP) is 7.49. The van der Waals surface area contributed by atoms with Gasteiger partial charge in [0.25, 0.3) is 5.91 Å².